The van der Waals surface area contributed by atoms with Gasteiger partial charge in [0, 0.05) is 17.3 Å². The van der Waals surface area contributed by atoms with Crippen molar-refractivity contribution in [1.82, 2.24) is 5.32 Å². The Hall–Kier alpha value is -0.480. The van der Waals surface area contributed by atoms with Crippen LogP contribution in [0.1, 0.15) is 33.1 Å². The van der Waals surface area contributed by atoms with Crippen LogP contribution in [0.5, 0.6) is 0 Å². The molecule has 0 spiro atoms. The predicted molar refractivity (Wildman–Crippen MR) is 70.5 cm³/mol. The number of hydrogen-bond donors (Lipinski definition) is 3. The minimum absolute atomic E-state index is 0.217. The van der Waals surface area contributed by atoms with Gasteiger partial charge >= 0.3 is 0 Å². The highest BCUT2D eigenvalue weighted by Crippen LogP contribution is 2.18. The monoisotopic (exact) mass is 229 g/mol. The Bertz CT molecular complexity index is 232. The molecule has 0 radical (unpaired) electrons. The van der Waals surface area contributed by atoms with E-state index in [-0.39, 0.29) is 6.04 Å². The molecule has 0 aliphatic rings. The first kappa shape index (κ1) is 14.5. The summed E-state index contributed by atoms with van der Waals surface area (Å²) < 4.78 is 0. The summed E-state index contributed by atoms with van der Waals surface area (Å²) in [4.78, 5) is 0. The van der Waals surface area contributed by atoms with Gasteiger partial charge in [-0.2, -0.15) is 0 Å². The molecule has 0 aliphatic heterocycles. The molecule has 4 heteroatoms. The van der Waals surface area contributed by atoms with Crippen molar-refractivity contribution in [2.24, 2.45) is 5.73 Å². The Morgan fingerprint density at radius 3 is 2.47 bits per heavy atom. The third-order valence-corrected chi connectivity index (χ3v) is 3.05. The van der Waals surface area contributed by atoms with Crippen molar-refractivity contribution in [3.05, 3.63) is 11.3 Å². The van der Waals surface area contributed by atoms with Gasteiger partial charge in [0.15, 0.2) is 0 Å². The number of hydrogen-bond acceptors (Lipinski definition) is 4. The topological polar surface area (TPSA) is 61.9 Å². The van der Waals surface area contributed by atoms with Crippen molar-refractivity contribution in [2.45, 2.75) is 39.2 Å². The molecule has 0 aromatic heterocycles. The molecule has 4 N–H and O–H groups in total. The lowest BCUT2D eigenvalue weighted by Gasteiger charge is -2.21. The number of unbranched alkanes of at least 4 members (excludes halogenated alkanes) is 1. The summed E-state index contributed by atoms with van der Waals surface area (Å²) in [5.41, 5.74) is 7.56. The van der Waals surface area contributed by atoms with Gasteiger partial charge in [0.05, 0.1) is 5.04 Å². The Balaban J connectivity index is 4.73. The highest BCUT2D eigenvalue weighted by molar-refractivity contribution is 8.13. The van der Waals surface area contributed by atoms with Crippen LogP contribution in [0.25, 0.3) is 0 Å². The molecule has 0 bridgehead atoms. The number of nitrogens with one attached hydrogen (secondary N) is 2. The molecule has 0 fully saturated rings. The Morgan fingerprint density at radius 1 is 1.53 bits per heavy atom. The summed E-state index contributed by atoms with van der Waals surface area (Å²) in [5.74, 6) is 0. The van der Waals surface area contributed by atoms with Crippen LogP contribution in [0.3, 0.4) is 0 Å². The van der Waals surface area contributed by atoms with Crippen LogP contribution in [-0.2, 0) is 0 Å². The van der Waals surface area contributed by atoms with E-state index >= 15 is 0 Å². The van der Waals surface area contributed by atoms with E-state index in [1.807, 2.05) is 20.2 Å². The predicted octanol–water partition coefficient (Wildman–Crippen LogP) is 2.34. The summed E-state index contributed by atoms with van der Waals surface area (Å²) >= 11 is 1.44. The molecule has 15 heavy (non-hydrogen) atoms. The van der Waals surface area contributed by atoms with Gasteiger partial charge in [-0.1, -0.05) is 19.8 Å². The van der Waals surface area contributed by atoms with Crippen molar-refractivity contribution >= 4 is 16.8 Å². The second kappa shape index (κ2) is 7.77. The van der Waals surface area contributed by atoms with Gasteiger partial charge in [0.2, 0.25) is 0 Å². The fourth-order valence-corrected chi connectivity index (χ4v) is 2.09. The van der Waals surface area contributed by atoms with Crippen LogP contribution >= 0.6 is 11.8 Å². The Labute approximate surface area is 97.4 Å². The van der Waals surface area contributed by atoms with Crippen LogP contribution in [0.2, 0.25) is 0 Å². The molecule has 0 amide bonds. The normalized spacial score (nSPS) is 14.7. The molecule has 0 aliphatic carbocycles. The summed E-state index contributed by atoms with van der Waals surface area (Å²) in [6.07, 6.45) is 5.28. The van der Waals surface area contributed by atoms with Crippen molar-refractivity contribution in [3.63, 3.8) is 0 Å². The van der Waals surface area contributed by atoms with E-state index in [1.165, 1.54) is 18.2 Å². The SMILES string of the molecule is CCCCC(NC)C(C(=N)SC)=C(C)N. The molecule has 0 aromatic rings. The van der Waals surface area contributed by atoms with Gasteiger partial charge in [0.25, 0.3) is 0 Å². The molecule has 88 valence electrons. The molecule has 1 atom stereocenters. The minimum Gasteiger partial charge on any atom is -0.402 e. The van der Waals surface area contributed by atoms with Crippen molar-refractivity contribution in [3.8, 4) is 0 Å². The maximum absolute atomic E-state index is 7.88. The van der Waals surface area contributed by atoms with E-state index in [0.717, 1.165) is 24.1 Å². The van der Waals surface area contributed by atoms with Crippen LogP contribution in [0, 0.1) is 5.41 Å². The first-order valence-corrected chi connectivity index (χ1v) is 6.57. The van der Waals surface area contributed by atoms with E-state index in [4.69, 9.17) is 11.1 Å². The minimum atomic E-state index is 0.217. The molecule has 0 heterocycles. The lowest BCUT2D eigenvalue weighted by molar-refractivity contribution is 0.565. The van der Waals surface area contributed by atoms with Gasteiger partial charge in [-0.25, -0.2) is 0 Å². The van der Waals surface area contributed by atoms with E-state index in [1.54, 1.807) is 0 Å². The quantitative estimate of drug-likeness (QED) is 0.484. The van der Waals surface area contributed by atoms with E-state index < -0.39 is 0 Å². The Morgan fingerprint density at radius 2 is 2.13 bits per heavy atom. The van der Waals surface area contributed by atoms with E-state index in [9.17, 15) is 0 Å². The summed E-state index contributed by atoms with van der Waals surface area (Å²) in [7, 11) is 1.93. The second-order valence-electron chi connectivity index (χ2n) is 3.61. The van der Waals surface area contributed by atoms with Gasteiger partial charge in [0.1, 0.15) is 0 Å². The lowest BCUT2D eigenvalue weighted by Crippen LogP contribution is -2.32. The molecule has 0 aromatic carbocycles. The molecule has 3 nitrogen and oxygen atoms in total. The maximum atomic E-state index is 7.88. The van der Waals surface area contributed by atoms with Crippen molar-refractivity contribution < 1.29 is 0 Å². The fraction of sp³-hybridized carbons (Fsp3) is 0.727. The molecular weight excluding hydrogens is 206 g/mol. The van der Waals surface area contributed by atoms with Gasteiger partial charge < -0.3 is 11.1 Å². The maximum Gasteiger partial charge on any atom is 0.0932 e. The zero-order valence-electron chi connectivity index (χ0n) is 10.2. The number of allylic oxidation sites excluding steroid dienone is 1. The van der Waals surface area contributed by atoms with Crippen LogP contribution in [0.15, 0.2) is 11.3 Å². The third-order valence-electron chi connectivity index (χ3n) is 2.42. The smallest absolute Gasteiger partial charge is 0.0932 e. The highest BCUT2D eigenvalue weighted by Gasteiger charge is 2.17. The molecule has 0 saturated heterocycles. The van der Waals surface area contributed by atoms with Gasteiger partial charge in [-0.3, -0.25) is 5.41 Å². The van der Waals surface area contributed by atoms with Gasteiger partial charge in [-0.05, 0) is 26.6 Å². The van der Waals surface area contributed by atoms with Crippen molar-refractivity contribution in [2.75, 3.05) is 13.3 Å². The fourth-order valence-electron chi connectivity index (χ4n) is 1.56. The highest BCUT2D eigenvalue weighted by atomic mass is 32.2. The summed E-state index contributed by atoms with van der Waals surface area (Å²) in [6, 6.07) is 0.217. The third kappa shape index (κ3) is 4.71. The molecule has 0 saturated carbocycles. The van der Waals surface area contributed by atoms with E-state index in [2.05, 4.69) is 12.2 Å². The number of likely N-dealkylation sites (N-methyl/N-ethyl adjacent to an activating group) is 1. The average Bonchev–Trinajstić information content (AvgIpc) is 2.22. The van der Waals surface area contributed by atoms with Gasteiger partial charge in [-0.15, -0.1) is 11.8 Å². The zero-order valence-corrected chi connectivity index (χ0v) is 11.0. The standard InChI is InChI=1S/C11H23N3S/c1-5-6-7-9(14-3)10(8(2)12)11(13)15-4/h9,13-14H,5-7,12H2,1-4H3. The Kier molecular flexibility index (Phi) is 7.52. The number of thioether (sulfide) groups is 1. The first-order chi connectivity index (χ1) is 7.08. The largest absolute Gasteiger partial charge is 0.402 e. The molecule has 0 rings (SSSR count). The summed E-state index contributed by atoms with van der Waals surface area (Å²) in [5, 5.41) is 11.7. The lowest BCUT2D eigenvalue weighted by atomic mass is 10.0. The molecule has 1 unspecified atom stereocenters. The molecular formula is C11H23N3S. The number of rotatable bonds is 6. The zero-order chi connectivity index (χ0) is 11.8. The first-order valence-electron chi connectivity index (χ1n) is 5.34. The number of nitrogens with two attached hydrogens (primary N) is 1. The average molecular weight is 229 g/mol. The van der Waals surface area contributed by atoms with Crippen LogP contribution < -0.4 is 11.1 Å². The van der Waals surface area contributed by atoms with Crippen molar-refractivity contribution in [1.29, 1.82) is 5.41 Å². The van der Waals surface area contributed by atoms with Crippen LogP contribution in [-0.4, -0.2) is 24.4 Å². The van der Waals surface area contributed by atoms with E-state index in [0.29, 0.717) is 5.04 Å². The summed E-state index contributed by atoms with van der Waals surface area (Å²) in [6.45, 7) is 4.04. The van der Waals surface area contributed by atoms with Crippen LogP contribution in [0.4, 0.5) is 0 Å². The second-order valence-corrected chi connectivity index (χ2v) is 4.43.